The van der Waals surface area contributed by atoms with Gasteiger partial charge in [0, 0.05) is 4.90 Å². The van der Waals surface area contributed by atoms with Crippen molar-refractivity contribution < 1.29 is 18.7 Å². The third-order valence-electron chi connectivity index (χ3n) is 3.40. The van der Waals surface area contributed by atoms with Crippen molar-refractivity contribution in [2.24, 2.45) is 0 Å². The van der Waals surface area contributed by atoms with Gasteiger partial charge in [0.05, 0.1) is 0 Å². The molecule has 1 unspecified atom stereocenters. The summed E-state index contributed by atoms with van der Waals surface area (Å²) in [6.45, 7) is 1.83. The zero-order valence-electron chi connectivity index (χ0n) is 11.6. The molecule has 0 aliphatic rings. The Balaban J connectivity index is 2.48. The number of nitrogens with one attached hydrogen (secondary N) is 1. The maximum atomic E-state index is 13.0. The van der Waals surface area contributed by atoms with Gasteiger partial charge >= 0.3 is 5.97 Å². The van der Waals surface area contributed by atoms with Crippen LogP contribution in [0.3, 0.4) is 0 Å². The molecular weight excluding hydrogens is 284 g/mol. The molecule has 0 bridgehead atoms. The second-order valence-electron chi connectivity index (χ2n) is 4.52. The van der Waals surface area contributed by atoms with E-state index in [0.29, 0.717) is 29.9 Å². The highest BCUT2D eigenvalue weighted by atomic mass is 32.2. The van der Waals surface area contributed by atoms with Crippen molar-refractivity contribution in [3.8, 4) is 0 Å². The smallest absolute Gasteiger partial charge is 0.323 e. The van der Waals surface area contributed by atoms with Crippen molar-refractivity contribution in [3.63, 3.8) is 0 Å². The molecule has 0 saturated carbocycles. The Hall–Kier alpha value is -1.14. The monoisotopic (exact) mass is 303 g/mol. The fourth-order valence-corrected chi connectivity index (χ4v) is 2.85. The summed E-state index contributed by atoms with van der Waals surface area (Å²) in [5.74, 6) is -1.93. The third-order valence-corrected chi connectivity index (χ3v) is 4.48. The lowest BCUT2D eigenvalue weighted by molar-refractivity contribution is -0.145. The number of hydrogen-bond donors (Lipinski definition) is 2. The van der Waals surface area contributed by atoms with Crippen molar-refractivity contribution in [2.75, 3.05) is 12.8 Å². The average Bonchev–Trinajstić information content (AvgIpc) is 2.43. The van der Waals surface area contributed by atoms with Crippen molar-refractivity contribution >= 4 is 17.7 Å². The summed E-state index contributed by atoms with van der Waals surface area (Å²) in [5, 5.41) is 12.1. The van der Waals surface area contributed by atoms with E-state index in [4.69, 9.17) is 0 Å². The molecular formula is C14H19F2NO2S. The molecule has 1 rings (SSSR count). The van der Waals surface area contributed by atoms with Crippen LogP contribution in [0.1, 0.15) is 26.2 Å². The van der Waals surface area contributed by atoms with Gasteiger partial charge in [0.2, 0.25) is 0 Å². The largest absolute Gasteiger partial charge is 0.480 e. The van der Waals surface area contributed by atoms with E-state index in [9.17, 15) is 18.7 Å². The van der Waals surface area contributed by atoms with Crippen LogP contribution in [0.2, 0.25) is 0 Å². The quantitative estimate of drug-likeness (QED) is 0.571. The van der Waals surface area contributed by atoms with Crippen LogP contribution in [-0.2, 0) is 4.79 Å². The molecule has 0 fully saturated rings. The van der Waals surface area contributed by atoms with Gasteiger partial charge in [-0.15, -0.1) is 11.8 Å². The summed E-state index contributed by atoms with van der Waals surface area (Å²) >= 11 is 1.39. The number of aliphatic carboxylic acids is 1. The summed E-state index contributed by atoms with van der Waals surface area (Å²) in [4.78, 5) is 11.9. The molecule has 1 aromatic carbocycles. The number of rotatable bonds is 8. The molecule has 1 atom stereocenters. The zero-order chi connectivity index (χ0) is 15.2. The van der Waals surface area contributed by atoms with Crippen LogP contribution in [0.25, 0.3) is 0 Å². The lowest BCUT2D eigenvalue weighted by Gasteiger charge is -2.27. The first-order chi connectivity index (χ1) is 9.45. The highest BCUT2D eigenvalue weighted by Crippen LogP contribution is 2.24. The summed E-state index contributed by atoms with van der Waals surface area (Å²) < 4.78 is 25.8. The Morgan fingerprint density at radius 2 is 2.10 bits per heavy atom. The summed E-state index contributed by atoms with van der Waals surface area (Å²) in [6.07, 6.45) is 1.66. The predicted octanol–water partition coefficient (Wildman–Crippen LogP) is 3.29. The molecule has 0 aromatic heterocycles. The lowest BCUT2D eigenvalue weighted by Crippen LogP contribution is -2.49. The van der Waals surface area contributed by atoms with Crippen LogP contribution in [0.15, 0.2) is 23.1 Å². The Bertz CT molecular complexity index is 464. The van der Waals surface area contributed by atoms with Gasteiger partial charge in [-0.05, 0) is 50.3 Å². The fraction of sp³-hybridized carbons (Fsp3) is 0.500. The van der Waals surface area contributed by atoms with Gasteiger partial charge in [-0.3, -0.25) is 4.79 Å². The summed E-state index contributed by atoms with van der Waals surface area (Å²) in [6, 6.07) is 3.77. The minimum atomic E-state index is -0.908. The number of halogens is 2. The number of carboxylic acids is 1. The molecule has 20 heavy (non-hydrogen) atoms. The Morgan fingerprint density at radius 1 is 1.40 bits per heavy atom. The molecule has 6 heteroatoms. The standard InChI is InChI=1S/C14H19F2NO2S/c1-3-14(17-2,13(18)19)7-4-8-20-10-5-6-11(15)12(16)9-10/h5-6,9,17H,3-4,7-8H2,1-2H3,(H,18,19). The third kappa shape index (κ3) is 4.18. The van der Waals surface area contributed by atoms with Crippen LogP contribution in [-0.4, -0.2) is 29.4 Å². The minimum absolute atomic E-state index is 0.492. The van der Waals surface area contributed by atoms with Crippen molar-refractivity contribution in [1.29, 1.82) is 0 Å². The Labute approximate surface area is 121 Å². The van der Waals surface area contributed by atoms with Crippen LogP contribution >= 0.6 is 11.8 Å². The normalized spacial score (nSPS) is 14.0. The van der Waals surface area contributed by atoms with Gasteiger partial charge < -0.3 is 10.4 Å². The molecule has 0 amide bonds. The molecule has 112 valence electrons. The molecule has 0 aliphatic carbocycles. The van der Waals surface area contributed by atoms with E-state index in [1.165, 1.54) is 17.8 Å². The van der Waals surface area contributed by atoms with Gasteiger partial charge in [0.25, 0.3) is 0 Å². The molecule has 2 N–H and O–H groups in total. The highest BCUT2D eigenvalue weighted by molar-refractivity contribution is 7.99. The van der Waals surface area contributed by atoms with Gasteiger partial charge in [-0.2, -0.15) is 0 Å². The van der Waals surface area contributed by atoms with Crippen molar-refractivity contribution in [2.45, 2.75) is 36.6 Å². The second-order valence-corrected chi connectivity index (χ2v) is 5.69. The van der Waals surface area contributed by atoms with E-state index in [0.717, 1.165) is 12.1 Å². The van der Waals surface area contributed by atoms with Crippen LogP contribution < -0.4 is 5.32 Å². The molecule has 0 saturated heterocycles. The van der Waals surface area contributed by atoms with E-state index in [-0.39, 0.29) is 0 Å². The first-order valence-corrected chi connectivity index (χ1v) is 7.44. The number of thioether (sulfide) groups is 1. The Morgan fingerprint density at radius 3 is 2.60 bits per heavy atom. The Kier molecular flexibility index (Phi) is 6.42. The number of hydrogen-bond acceptors (Lipinski definition) is 3. The molecule has 3 nitrogen and oxygen atoms in total. The lowest BCUT2D eigenvalue weighted by atomic mass is 9.91. The van der Waals surface area contributed by atoms with Gasteiger partial charge in [0.1, 0.15) is 5.54 Å². The first kappa shape index (κ1) is 16.9. The van der Waals surface area contributed by atoms with Crippen LogP contribution in [0.5, 0.6) is 0 Å². The number of benzene rings is 1. The first-order valence-electron chi connectivity index (χ1n) is 6.45. The topological polar surface area (TPSA) is 49.3 Å². The highest BCUT2D eigenvalue weighted by Gasteiger charge is 2.33. The molecule has 1 aromatic rings. The maximum absolute atomic E-state index is 13.0. The van der Waals surface area contributed by atoms with E-state index >= 15 is 0 Å². The van der Waals surface area contributed by atoms with E-state index < -0.39 is 23.1 Å². The number of likely N-dealkylation sites (N-methyl/N-ethyl adjacent to an activating group) is 1. The fourth-order valence-electron chi connectivity index (χ4n) is 1.97. The average molecular weight is 303 g/mol. The van der Waals surface area contributed by atoms with E-state index in [1.807, 2.05) is 6.92 Å². The van der Waals surface area contributed by atoms with Crippen LogP contribution in [0.4, 0.5) is 8.78 Å². The van der Waals surface area contributed by atoms with Crippen molar-refractivity contribution in [3.05, 3.63) is 29.8 Å². The van der Waals surface area contributed by atoms with Crippen LogP contribution in [0, 0.1) is 11.6 Å². The van der Waals surface area contributed by atoms with E-state index in [2.05, 4.69) is 5.32 Å². The predicted molar refractivity (Wildman–Crippen MR) is 76.0 cm³/mol. The zero-order valence-corrected chi connectivity index (χ0v) is 12.4. The molecule has 0 radical (unpaired) electrons. The summed E-state index contributed by atoms with van der Waals surface area (Å²) in [7, 11) is 1.64. The van der Waals surface area contributed by atoms with Gasteiger partial charge in [0.15, 0.2) is 11.6 Å². The molecule has 0 heterocycles. The number of carboxylic acid groups (broad SMARTS) is 1. The minimum Gasteiger partial charge on any atom is -0.480 e. The molecule has 0 aliphatic heterocycles. The van der Waals surface area contributed by atoms with Crippen molar-refractivity contribution in [1.82, 2.24) is 5.32 Å². The SMILES string of the molecule is CCC(CCCSc1ccc(F)c(F)c1)(NC)C(=O)O. The second kappa shape index (κ2) is 7.59. The van der Waals surface area contributed by atoms with E-state index in [1.54, 1.807) is 7.05 Å². The number of carbonyl (C=O) groups is 1. The van der Waals surface area contributed by atoms with Gasteiger partial charge in [-0.25, -0.2) is 8.78 Å². The van der Waals surface area contributed by atoms with Gasteiger partial charge in [-0.1, -0.05) is 6.92 Å². The summed E-state index contributed by atoms with van der Waals surface area (Å²) in [5.41, 5.74) is -0.908. The molecule has 0 spiro atoms. The maximum Gasteiger partial charge on any atom is 0.323 e.